The molecule has 4 nitrogen and oxygen atoms in total. The second-order valence-electron chi connectivity index (χ2n) is 5.96. The minimum atomic E-state index is -0.309. The first-order valence-corrected chi connectivity index (χ1v) is 9.55. The Bertz CT molecular complexity index is 779. The highest BCUT2D eigenvalue weighted by molar-refractivity contribution is 7.99. The third kappa shape index (κ3) is 6.42. The van der Waals surface area contributed by atoms with Gasteiger partial charge in [0.25, 0.3) is 0 Å². The van der Waals surface area contributed by atoms with Crippen LogP contribution in [0.4, 0.5) is 0 Å². The molecule has 25 heavy (non-hydrogen) atoms. The Kier molecular flexibility index (Phi) is 7.79. The van der Waals surface area contributed by atoms with E-state index in [1.54, 1.807) is 24.8 Å². The van der Waals surface area contributed by atoms with Gasteiger partial charge in [0.1, 0.15) is 5.58 Å². The molecule has 0 unspecified atom stereocenters. The number of hydrogen-bond acceptors (Lipinski definition) is 5. The Hall–Kier alpha value is -2.01. The Morgan fingerprint density at radius 3 is 2.68 bits per heavy atom. The van der Waals surface area contributed by atoms with Crippen LogP contribution in [-0.2, 0) is 9.53 Å². The van der Waals surface area contributed by atoms with E-state index in [-0.39, 0.29) is 11.6 Å². The van der Waals surface area contributed by atoms with Crippen molar-refractivity contribution in [2.45, 2.75) is 43.9 Å². The van der Waals surface area contributed by atoms with E-state index in [0.29, 0.717) is 17.8 Å². The predicted octanol–water partition coefficient (Wildman–Crippen LogP) is 4.95. The molecule has 0 aliphatic carbocycles. The number of thioether (sulfide) groups is 1. The highest BCUT2D eigenvalue weighted by atomic mass is 32.2. The van der Waals surface area contributed by atoms with Gasteiger partial charge in [-0.25, -0.2) is 9.59 Å². The fourth-order valence-electron chi connectivity index (χ4n) is 2.41. The molecule has 0 bridgehead atoms. The summed E-state index contributed by atoms with van der Waals surface area (Å²) in [4.78, 5) is 23.8. The van der Waals surface area contributed by atoms with Crippen LogP contribution in [0.1, 0.15) is 39.0 Å². The van der Waals surface area contributed by atoms with Crippen LogP contribution in [0.15, 0.2) is 56.6 Å². The summed E-state index contributed by atoms with van der Waals surface area (Å²) in [7, 11) is 0. The average Bonchev–Trinajstić information content (AvgIpc) is 2.59. The van der Waals surface area contributed by atoms with Crippen LogP contribution < -0.4 is 5.63 Å². The second-order valence-corrected chi connectivity index (χ2v) is 7.10. The number of para-hydroxylation sites is 1. The van der Waals surface area contributed by atoms with Gasteiger partial charge in [0.15, 0.2) is 0 Å². The van der Waals surface area contributed by atoms with Crippen molar-refractivity contribution in [1.82, 2.24) is 0 Å². The zero-order chi connectivity index (χ0) is 18.1. The van der Waals surface area contributed by atoms with Crippen molar-refractivity contribution in [3.05, 3.63) is 52.9 Å². The monoisotopic (exact) mass is 360 g/mol. The van der Waals surface area contributed by atoms with E-state index < -0.39 is 0 Å². The summed E-state index contributed by atoms with van der Waals surface area (Å²) in [5.74, 6) is 0.661. The zero-order valence-corrected chi connectivity index (χ0v) is 15.4. The van der Waals surface area contributed by atoms with Crippen LogP contribution >= 0.6 is 11.8 Å². The van der Waals surface area contributed by atoms with Crippen molar-refractivity contribution in [3.8, 4) is 0 Å². The van der Waals surface area contributed by atoms with E-state index in [1.807, 2.05) is 24.3 Å². The molecule has 1 aromatic heterocycles. The van der Waals surface area contributed by atoms with Crippen molar-refractivity contribution in [1.29, 1.82) is 0 Å². The molecule has 0 saturated carbocycles. The summed E-state index contributed by atoms with van der Waals surface area (Å²) < 4.78 is 10.3. The molecule has 0 aliphatic rings. The SMILES string of the molecule is C=C(C)C(=O)OCCCCCCCSc1cc(=O)oc2ccccc12. The standard InChI is InChI=1S/C20H24O4S/c1-15(2)20(22)23-12-8-4-3-5-9-13-25-18-14-19(21)24-17-11-7-6-10-16(17)18/h6-7,10-11,14H,1,3-5,8-9,12-13H2,2H3. The molecule has 0 saturated heterocycles. The van der Waals surface area contributed by atoms with Gasteiger partial charge in [-0.1, -0.05) is 44.0 Å². The van der Waals surface area contributed by atoms with E-state index >= 15 is 0 Å². The molecular formula is C20H24O4S. The van der Waals surface area contributed by atoms with Crippen LogP contribution in [0.2, 0.25) is 0 Å². The fourth-order valence-corrected chi connectivity index (χ4v) is 3.48. The number of rotatable bonds is 10. The van der Waals surface area contributed by atoms with Crippen LogP contribution in [0.5, 0.6) is 0 Å². The average molecular weight is 360 g/mol. The van der Waals surface area contributed by atoms with Gasteiger partial charge in [-0.15, -0.1) is 11.8 Å². The molecule has 0 aliphatic heterocycles. The third-order valence-corrected chi connectivity index (χ3v) is 4.88. The van der Waals surface area contributed by atoms with Crippen molar-refractivity contribution in [3.63, 3.8) is 0 Å². The maximum Gasteiger partial charge on any atom is 0.337 e. The third-order valence-electron chi connectivity index (χ3n) is 3.74. The number of carbonyl (C=O) groups excluding carboxylic acids is 1. The van der Waals surface area contributed by atoms with Gasteiger partial charge in [-0.3, -0.25) is 0 Å². The molecule has 2 rings (SSSR count). The van der Waals surface area contributed by atoms with E-state index in [1.165, 1.54) is 0 Å². The lowest BCUT2D eigenvalue weighted by Gasteiger charge is -2.06. The first-order chi connectivity index (χ1) is 12.1. The molecular weight excluding hydrogens is 336 g/mol. The lowest BCUT2D eigenvalue weighted by molar-refractivity contribution is -0.139. The lowest BCUT2D eigenvalue weighted by Crippen LogP contribution is -2.05. The van der Waals surface area contributed by atoms with E-state index in [4.69, 9.17) is 9.15 Å². The van der Waals surface area contributed by atoms with Gasteiger partial charge in [-0.05, 0) is 31.6 Å². The van der Waals surface area contributed by atoms with E-state index in [0.717, 1.165) is 48.1 Å². The molecule has 0 radical (unpaired) electrons. The maximum atomic E-state index is 11.6. The predicted molar refractivity (Wildman–Crippen MR) is 102 cm³/mol. The number of fused-ring (bicyclic) bond motifs is 1. The largest absolute Gasteiger partial charge is 0.462 e. The highest BCUT2D eigenvalue weighted by Crippen LogP contribution is 2.27. The second kappa shape index (κ2) is 10.1. The van der Waals surface area contributed by atoms with Gasteiger partial charge in [0, 0.05) is 21.9 Å². The number of esters is 1. The summed E-state index contributed by atoms with van der Waals surface area (Å²) in [6.45, 7) is 5.67. The summed E-state index contributed by atoms with van der Waals surface area (Å²) in [5, 5.41) is 0.992. The molecule has 0 fully saturated rings. The minimum Gasteiger partial charge on any atom is -0.462 e. The summed E-state index contributed by atoms with van der Waals surface area (Å²) in [5.41, 5.74) is 0.784. The van der Waals surface area contributed by atoms with Crippen molar-refractivity contribution >= 4 is 28.7 Å². The van der Waals surface area contributed by atoms with Crippen LogP contribution in [-0.4, -0.2) is 18.3 Å². The Morgan fingerprint density at radius 2 is 1.88 bits per heavy atom. The quantitative estimate of drug-likeness (QED) is 0.197. The number of hydrogen-bond donors (Lipinski definition) is 0. The fraction of sp³-hybridized carbons (Fsp3) is 0.400. The summed E-state index contributed by atoms with van der Waals surface area (Å²) >= 11 is 1.70. The first kappa shape index (κ1) is 19.3. The van der Waals surface area contributed by atoms with Gasteiger partial charge in [0.05, 0.1) is 6.61 Å². The molecule has 0 N–H and O–H groups in total. The Balaban J connectivity index is 1.63. The van der Waals surface area contributed by atoms with Gasteiger partial charge in [-0.2, -0.15) is 0 Å². The molecule has 1 heterocycles. The number of carbonyl (C=O) groups is 1. The van der Waals surface area contributed by atoms with Crippen molar-refractivity contribution in [2.24, 2.45) is 0 Å². The highest BCUT2D eigenvalue weighted by Gasteiger charge is 2.05. The van der Waals surface area contributed by atoms with Crippen molar-refractivity contribution < 1.29 is 13.9 Å². The lowest BCUT2D eigenvalue weighted by atomic mass is 10.2. The Labute approximate surface area is 152 Å². The smallest absolute Gasteiger partial charge is 0.337 e. The molecule has 0 atom stereocenters. The molecule has 2 aromatic rings. The van der Waals surface area contributed by atoms with Crippen LogP contribution in [0.25, 0.3) is 11.0 Å². The molecule has 1 aromatic carbocycles. The molecule has 5 heteroatoms. The van der Waals surface area contributed by atoms with Crippen molar-refractivity contribution in [2.75, 3.05) is 12.4 Å². The first-order valence-electron chi connectivity index (χ1n) is 8.56. The maximum absolute atomic E-state index is 11.6. The van der Waals surface area contributed by atoms with Crippen LogP contribution in [0, 0.1) is 0 Å². The Morgan fingerprint density at radius 1 is 1.16 bits per heavy atom. The van der Waals surface area contributed by atoms with Gasteiger partial charge >= 0.3 is 11.6 Å². The van der Waals surface area contributed by atoms with E-state index in [9.17, 15) is 9.59 Å². The number of benzene rings is 1. The van der Waals surface area contributed by atoms with Crippen LogP contribution in [0.3, 0.4) is 0 Å². The summed E-state index contributed by atoms with van der Waals surface area (Å²) in [6.07, 6.45) is 5.26. The normalized spacial score (nSPS) is 10.8. The minimum absolute atomic E-state index is 0.300. The number of ether oxygens (including phenoxy) is 1. The number of unbranched alkanes of at least 4 members (excludes halogenated alkanes) is 4. The molecule has 134 valence electrons. The van der Waals surface area contributed by atoms with E-state index in [2.05, 4.69) is 6.58 Å². The van der Waals surface area contributed by atoms with Gasteiger partial charge < -0.3 is 9.15 Å². The topological polar surface area (TPSA) is 56.5 Å². The zero-order valence-electron chi connectivity index (χ0n) is 14.6. The summed E-state index contributed by atoms with van der Waals surface area (Å²) in [6, 6.07) is 9.19. The molecule has 0 spiro atoms. The van der Waals surface area contributed by atoms with Gasteiger partial charge in [0.2, 0.25) is 0 Å². The molecule has 0 amide bonds.